The Hall–Kier alpha value is -3.40. The van der Waals surface area contributed by atoms with E-state index in [4.69, 9.17) is 9.84 Å². The Morgan fingerprint density at radius 3 is 2.79 bits per heavy atom. The first-order valence-electron chi connectivity index (χ1n) is 8.72. The summed E-state index contributed by atoms with van der Waals surface area (Å²) in [5.41, 5.74) is 1.83. The van der Waals surface area contributed by atoms with Crippen LogP contribution in [0.25, 0.3) is 22.6 Å². The van der Waals surface area contributed by atoms with E-state index in [0.29, 0.717) is 34.9 Å². The van der Waals surface area contributed by atoms with E-state index < -0.39 is 18.0 Å². The predicted molar refractivity (Wildman–Crippen MR) is 96.8 cm³/mol. The molecule has 4 rings (SSSR count). The first kappa shape index (κ1) is 18.0. The van der Waals surface area contributed by atoms with E-state index >= 15 is 0 Å². The number of halogens is 1. The van der Waals surface area contributed by atoms with Crippen LogP contribution in [0.3, 0.4) is 0 Å². The maximum Gasteiger partial charge on any atom is 0.414 e. The van der Waals surface area contributed by atoms with Crippen LogP contribution in [0.4, 0.5) is 14.9 Å². The normalized spacial score (nSPS) is 16.5. The number of ether oxygens (including phenoxy) is 1. The highest BCUT2D eigenvalue weighted by atomic mass is 19.1. The van der Waals surface area contributed by atoms with Crippen LogP contribution in [0, 0.1) is 5.82 Å². The van der Waals surface area contributed by atoms with Gasteiger partial charge >= 0.3 is 6.09 Å². The van der Waals surface area contributed by atoms with Crippen LogP contribution in [0.15, 0.2) is 36.5 Å². The van der Waals surface area contributed by atoms with Gasteiger partial charge in [-0.1, -0.05) is 6.07 Å². The number of benzene rings is 1. The van der Waals surface area contributed by atoms with E-state index in [1.165, 1.54) is 22.0 Å². The van der Waals surface area contributed by atoms with Gasteiger partial charge in [-0.3, -0.25) is 9.88 Å². The summed E-state index contributed by atoms with van der Waals surface area (Å²) in [4.78, 5) is 18.9. The number of aromatic nitrogens is 5. The van der Waals surface area contributed by atoms with Crippen LogP contribution in [-0.2, 0) is 11.3 Å². The van der Waals surface area contributed by atoms with E-state index in [9.17, 15) is 9.18 Å². The van der Waals surface area contributed by atoms with Crippen molar-refractivity contribution in [3.8, 4) is 22.6 Å². The highest BCUT2D eigenvalue weighted by molar-refractivity contribution is 5.90. The first-order chi connectivity index (χ1) is 13.6. The smallest absolute Gasteiger partial charge is 0.414 e. The lowest BCUT2D eigenvalue weighted by molar-refractivity contribution is 0.0963. The number of hydrogen-bond acceptors (Lipinski definition) is 7. The van der Waals surface area contributed by atoms with Gasteiger partial charge in [-0.25, -0.2) is 9.18 Å². The molecule has 0 bridgehead atoms. The van der Waals surface area contributed by atoms with Crippen molar-refractivity contribution in [1.29, 1.82) is 0 Å². The number of tetrazole rings is 1. The molecule has 3 heterocycles. The monoisotopic (exact) mass is 384 g/mol. The number of carbonyl (C=O) groups is 1. The first-order valence-corrected chi connectivity index (χ1v) is 8.72. The summed E-state index contributed by atoms with van der Waals surface area (Å²) in [5, 5.41) is 21.1. The molecule has 144 valence electrons. The van der Waals surface area contributed by atoms with Crippen molar-refractivity contribution >= 4 is 11.8 Å². The molecular formula is C18H17FN6O3. The summed E-state index contributed by atoms with van der Waals surface area (Å²) < 4.78 is 19.7. The second kappa shape index (κ2) is 7.31. The van der Waals surface area contributed by atoms with Crippen molar-refractivity contribution in [3.05, 3.63) is 42.3 Å². The van der Waals surface area contributed by atoms with E-state index in [0.717, 1.165) is 0 Å². The van der Waals surface area contributed by atoms with Gasteiger partial charge < -0.3 is 9.84 Å². The van der Waals surface area contributed by atoms with Crippen LogP contribution in [0.5, 0.6) is 0 Å². The second-order valence-electron chi connectivity index (χ2n) is 6.20. The van der Waals surface area contributed by atoms with E-state index in [-0.39, 0.29) is 13.2 Å². The van der Waals surface area contributed by atoms with Gasteiger partial charge in [-0.05, 0) is 36.4 Å². The Bertz CT molecular complexity index is 1010. The highest BCUT2D eigenvalue weighted by Gasteiger charge is 2.32. The molecule has 1 fully saturated rings. The average Bonchev–Trinajstić information content (AvgIpc) is 3.34. The summed E-state index contributed by atoms with van der Waals surface area (Å²) >= 11 is 0. The molecule has 28 heavy (non-hydrogen) atoms. The zero-order valence-electron chi connectivity index (χ0n) is 15.0. The summed E-state index contributed by atoms with van der Waals surface area (Å²) in [5.74, 6) is -0.0995. The molecule has 0 aliphatic carbocycles. The molecular weight excluding hydrogens is 367 g/mol. The maximum absolute atomic E-state index is 14.7. The van der Waals surface area contributed by atoms with Gasteiger partial charge in [0.15, 0.2) is 0 Å². The van der Waals surface area contributed by atoms with Crippen LogP contribution < -0.4 is 4.90 Å². The Labute approximate surface area is 159 Å². The number of amides is 1. The molecule has 10 heteroatoms. The fourth-order valence-corrected chi connectivity index (χ4v) is 2.90. The molecule has 0 saturated carbocycles. The zero-order valence-corrected chi connectivity index (χ0v) is 15.0. The molecule has 1 aliphatic heterocycles. The van der Waals surface area contributed by atoms with Gasteiger partial charge in [0.25, 0.3) is 0 Å². The molecule has 0 spiro atoms. The number of hydrogen-bond donors (Lipinski definition) is 1. The summed E-state index contributed by atoms with van der Waals surface area (Å²) in [6.07, 6.45) is 0.322. The standard InChI is InChI=1S/C18H17FN6O3/c1-2-25-22-17(21-23-25)16-6-3-11(8-20-16)14-5-4-12(7-15(14)19)24-9-13(10-26)28-18(24)27/h3-8,13,26H,2,9-10H2,1H3/t13-/m0/s1. The third-order valence-electron chi connectivity index (χ3n) is 4.38. The van der Waals surface area contributed by atoms with Gasteiger partial charge in [0.1, 0.15) is 17.6 Å². The van der Waals surface area contributed by atoms with Crippen molar-refractivity contribution in [2.45, 2.75) is 19.6 Å². The minimum atomic E-state index is -0.607. The lowest BCUT2D eigenvalue weighted by atomic mass is 10.1. The van der Waals surface area contributed by atoms with Crippen molar-refractivity contribution < 1.29 is 19.0 Å². The summed E-state index contributed by atoms with van der Waals surface area (Å²) in [7, 11) is 0. The summed E-state index contributed by atoms with van der Waals surface area (Å²) in [6.45, 7) is 2.41. The molecule has 1 aromatic carbocycles. The lowest BCUT2D eigenvalue weighted by Gasteiger charge is -2.14. The number of carbonyl (C=O) groups excluding carboxylic acids is 1. The molecule has 1 N–H and O–H groups in total. The molecule has 1 atom stereocenters. The largest absolute Gasteiger partial charge is 0.441 e. The average molecular weight is 384 g/mol. The third-order valence-corrected chi connectivity index (χ3v) is 4.38. The Balaban J connectivity index is 1.57. The van der Waals surface area contributed by atoms with E-state index in [1.807, 2.05) is 6.92 Å². The van der Waals surface area contributed by atoms with Gasteiger partial charge in [0.05, 0.1) is 25.4 Å². The molecule has 9 nitrogen and oxygen atoms in total. The van der Waals surface area contributed by atoms with Crippen molar-refractivity contribution in [3.63, 3.8) is 0 Å². The fourth-order valence-electron chi connectivity index (χ4n) is 2.90. The number of aliphatic hydroxyl groups is 1. The van der Waals surface area contributed by atoms with Gasteiger partial charge in [0, 0.05) is 17.3 Å². The lowest BCUT2D eigenvalue weighted by Crippen LogP contribution is -2.25. The van der Waals surface area contributed by atoms with Crippen molar-refractivity contribution in [2.24, 2.45) is 0 Å². The Morgan fingerprint density at radius 1 is 1.32 bits per heavy atom. The number of pyridine rings is 1. The molecule has 2 aromatic heterocycles. The van der Waals surface area contributed by atoms with Crippen molar-refractivity contribution in [2.75, 3.05) is 18.1 Å². The summed E-state index contributed by atoms with van der Waals surface area (Å²) in [6, 6.07) is 7.88. The topological polar surface area (TPSA) is 106 Å². The number of cyclic esters (lactones) is 1. The molecule has 3 aromatic rings. The number of aryl methyl sites for hydroxylation is 1. The second-order valence-corrected chi connectivity index (χ2v) is 6.20. The SMILES string of the molecule is CCn1nnc(-c2ccc(-c3ccc(N4C[C@@H](CO)OC4=O)cc3F)cn2)n1. The molecule has 1 aliphatic rings. The minimum absolute atomic E-state index is 0.176. The quantitative estimate of drug-likeness (QED) is 0.716. The van der Waals surface area contributed by atoms with Crippen LogP contribution in [0.1, 0.15) is 6.92 Å². The van der Waals surface area contributed by atoms with Gasteiger partial charge in [-0.2, -0.15) is 4.80 Å². The Kier molecular flexibility index (Phi) is 4.70. The highest BCUT2D eigenvalue weighted by Crippen LogP contribution is 2.29. The van der Waals surface area contributed by atoms with Crippen LogP contribution in [-0.4, -0.2) is 55.6 Å². The predicted octanol–water partition coefficient (Wildman–Crippen LogP) is 1.88. The van der Waals surface area contributed by atoms with Crippen molar-refractivity contribution in [1.82, 2.24) is 25.2 Å². The number of anilines is 1. The van der Waals surface area contributed by atoms with E-state index in [1.54, 1.807) is 24.3 Å². The van der Waals surface area contributed by atoms with E-state index in [2.05, 4.69) is 20.4 Å². The number of nitrogens with zero attached hydrogens (tertiary/aromatic N) is 6. The number of aliphatic hydroxyl groups excluding tert-OH is 1. The molecule has 1 amide bonds. The maximum atomic E-state index is 14.7. The molecule has 0 unspecified atom stereocenters. The van der Waals surface area contributed by atoms with Crippen LogP contribution >= 0.6 is 0 Å². The fraction of sp³-hybridized carbons (Fsp3) is 0.278. The zero-order chi connectivity index (χ0) is 19.7. The number of rotatable bonds is 5. The minimum Gasteiger partial charge on any atom is -0.441 e. The van der Waals surface area contributed by atoms with Crippen LogP contribution in [0.2, 0.25) is 0 Å². The van der Waals surface area contributed by atoms with Gasteiger partial charge in [0.2, 0.25) is 5.82 Å². The molecule has 0 radical (unpaired) electrons. The molecule has 1 saturated heterocycles. The third kappa shape index (κ3) is 3.29. The Morgan fingerprint density at radius 2 is 2.18 bits per heavy atom. The van der Waals surface area contributed by atoms with Gasteiger partial charge in [-0.15, -0.1) is 10.2 Å².